The minimum Gasteiger partial charge on any atom is -0.424 e. The Morgan fingerprint density at radius 1 is 1.16 bits per heavy atom. The van der Waals surface area contributed by atoms with Crippen molar-refractivity contribution in [3.63, 3.8) is 0 Å². The Balaban J connectivity index is 1.66. The summed E-state index contributed by atoms with van der Waals surface area (Å²) < 4.78 is 7.97. The molecule has 1 aromatic carbocycles. The molecule has 1 saturated heterocycles. The Morgan fingerprint density at radius 2 is 1.84 bits per heavy atom. The normalized spacial score (nSPS) is 14.7. The van der Waals surface area contributed by atoms with Crippen molar-refractivity contribution >= 4 is 5.96 Å². The summed E-state index contributed by atoms with van der Waals surface area (Å²) in [7, 11) is 0. The first kappa shape index (κ1) is 21.7. The minimum absolute atomic E-state index is 0.120. The predicted molar refractivity (Wildman–Crippen MR) is 123 cm³/mol. The van der Waals surface area contributed by atoms with Crippen molar-refractivity contribution in [3.05, 3.63) is 47.3 Å². The van der Waals surface area contributed by atoms with Gasteiger partial charge in [0.15, 0.2) is 5.96 Å². The van der Waals surface area contributed by atoms with Gasteiger partial charge in [0.2, 0.25) is 0 Å². The van der Waals surface area contributed by atoms with E-state index in [1.807, 2.05) is 41.6 Å². The van der Waals surface area contributed by atoms with Crippen molar-refractivity contribution in [2.45, 2.75) is 52.5 Å². The highest BCUT2D eigenvalue weighted by Gasteiger charge is 2.28. The maximum Gasteiger partial charge on any atom is 0.322 e. The van der Waals surface area contributed by atoms with Crippen LogP contribution in [0.3, 0.4) is 0 Å². The molecule has 1 aliphatic rings. The SMILES string of the molecule is Cc1cc(C)cc(Oc2nccc(-c3c(C(C)C)nnn3C3CCN(C(=N)N)CC3)n2)c1. The fourth-order valence-electron chi connectivity index (χ4n) is 4.17. The number of piperidine rings is 1. The molecule has 0 saturated carbocycles. The maximum absolute atomic E-state index is 7.68. The lowest BCUT2D eigenvalue weighted by Gasteiger charge is -2.32. The highest BCUT2D eigenvalue weighted by atomic mass is 16.5. The number of nitrogens with zero attached hydrogens (tertiary/aromatic N) is 6. The number of hydrogen-bond donors (Lipinski definition) is 2. The molecule has 0 radical (unpaired) electrons. The molecule has 0 amide bonds. The number of likely N-dealkylation sites (tertiary alicyclic amines) is 1. The van der Waals surface area contributed by atoms with Crippen LogP contribution in [0.4, 0.5) is 0 Å². The molecule has 3 heterocycles. The second kappa shape index (κ2) is 8.94. The van der Waals surface area contributed by atoms with Gasteiger partial charge < -0.3 is 15.4 Å². The third-order valence-electron chi connectivity index (χ3n) is 5.70. The van der Waals surface area contributed by atoms with Gasteiger partial charge in [-0.25, -0.2) is 9.67 Å². The van der Waals surface area contributed by atoms with E-state index in [4.69, 9.17) is 20.9 Å². The summed E-state index contributed by atoms with van der Waals surface area (Å²) in [6.45, 7) is 9.72. The van der Waals surface area contributed by atoms with E-state index < -0.39 is 0 Å². The Labute approximate surface area is 188 Å². The van der Waals surface area contributed by atoms with Crippen LogP contribution in [0.5, 0.6) is 11.8 Å². The highest BCUT2D eigenvalue weighted by molar-refractivity contribution is 5.74. The van der Waals surface area contributed by atoms with Crippen molar-refractivity contribution in [2.24, 2.45) is 5.73 Å². The van der Waals surface area contributed by atoms with Gasteiger partial charge in [-0.05, 0) is 61.9 Å². The monoisotopic (exact) mass is 434 g/mol. The highest BCUT2D eigenvalue weighted by Crippen LogP contribution is 2.33. The zero-order chi connectivity index (χ0) is 22.8. The molecule has 3 aromatic rings. The topological polar surface area (TPSA) is 119 Å². The van der Waals surface area contributed by atoms with Crippen LogP contribution in [0.2, 0.25) is 0 Å². The van der Waals surface area contributed by atoms with Gasteiger partial charge in [-0.1, -0.05) is 25.1 Å². The molecule has 1 aliphatic heterocycles. The molecule has 9 heteroatoms. The van der Waals surface area contributed by atoms with Crippen LogP contribution < -0.4 is 10.5 Å². The van der Waals surface area contributed by atoms with Crippen LogP contribution in [-0.2, 0) is 0 Å². The van der Waals surface area contributed by atoms with E-state index in [2.05, 4.69) is 35.2 Å². The molecule has 0 bridgehead atoms. The molecule has 0 aliphatic carbocycles. The third-order valence-corrected chi connectivity index (χ3v) is 5.70. The molecule has 3 N–H and O–H groups in total. The summed E-state index contributed by atoms with van der Waals surface area (Å²) in [4.78, 5) is 10.9. The van der Waals surface area contributed by atoms with Crippen molar-refractivity contribution < 1.29 is 4.74 Å². The van der Waals surface area contributed by atoms with Crippen LogP contribution in [0.15, 0.2) is 30.5 Å². The van der Waals surface area contributed by atoms with Crippen LogP contribution in [0.1, 0.15) is 55.5 Å². The first-order valence-electron chi connectivity index (χ1n) is 11.0. The molecule has 32 heavy (non-hydrogen) atoms. The second-order valence-electron chi connectivity index (χ2n) is 8.68. The number of benzene rings is 1. The lowest BCUT2D eigenvalue weighted by molar-refractivity contribution is 0.250. The van der Waals surface area contributed by atoms with E-state index in [0.717, 1.165) is 54.1 Å². The van der Waals surface area contributed by atoms with Gasteiger partial charge >= 0.3 is 6.01 Å². The van der Waals surface area contributed by atoms with E-state index in [1.165, 1.54) is 0 Å². The van der Waals surface area contributed by atoms with Gasteiger partial charge in [0, 0.05) is 19.3 Å². The van der Waals surface area contributed by atoms with E-state index in [9.17, 15) is 0 Å². The summed E-state index contributed by atoms with van der Waals surface area (Å²) in [5.41, 5.74) is 10.4. The van der Waals surface area contributed by atoms with Crippen molar-refractivity contribution in [2.75, 3.05) is 13.1 Å². The fourth-order valence-corrected chi connectivity index (χ4v) is 4.17. The largest absolute Gasteiger partial charge is 0.424 e. The van der Waals surface area contributed by atoms with E-state index >= 15 is 0 Å². The molecule has 0 unspecified atom stereocenters. The Kier molecular flexibility index (Phi) is 6.07. The number of hydrogen-bond acceptors (Lipinski definition) is 6. The summed E-state index contributed by atoms with van der Waals surface area (Å²) in [6, 6.07) is 8.37. The summed E-state index contributed by atoms with van der Waals surface area (Å²) in [6.07, 6.45) is 3.38. The van der Waals surface area contributed by atoms with E-state index in [1.54, 1.807) is 6.20 Å². The predicted octanol–water partition coefficient (Wildman–Crippen LogP) is 3.80. The van der Waals surface area contributed by atoms with Gasteiger partial charge in [-0.2, -0.15) is 4.98 Å². The number of aryl methyl sites for hydroxylation is 2. The summed E-state index contributed by atoms with van der Waals surface area (Å²) in [5.74, 6) is 1.02. The molecular weight excluding hydrogens is 404 g/mol. The number of nitrogens with one attached hydrogen (secondary N) is 1. The second-order valence-corrected chi connectivity index (χ2v) is 8.68. The fraction of sp³-hybridized carbons (Fsp3) is 0.435. The van der Waals surface area contributed by atoms with Crippen LogP contribution in [0, 0.1) is 19.3 Å². The standard InChI is InChI=1S/C23H30N8O/c1-14(2)20-21(31(29-28-20)17-6-9-30(10-7-17)22(24)25)19-5-8-26-23(27-19)32-18-12-15(3)11-16(4)13-18/h5,8,11-14,17H,6-7,9-10H2,1-4H3,(H3,24,25). The zero-order valence-corrected chi connectivity index (χ0v) is 19.0. The van der Waals surface area contributed by atoms with Crippen LogP contribution >= 0.6 is 0 Å². The van der Waals surface area contributed by atoms with Crippen molar-refractivity contribution in [1.82, 2.24) is 29.9 Å². The third kappa shape index (κ3) is 4.56. The summed E-state index contributed by atoms with van der Waals surface area (Å²) in [5, 5.41) is 16.7. The molecule has 1 fully saturated rings. The van der Waals surface area contributed by atoms with E-state index in [0.29, 0.717) is 11.8 Å². The smallest absolute Gasteiger partial charge is 0.322 e. The molecule has 9 nitrogen and oxygen atoms in total. The molecule has 0 atom stereocenters. The van der Waals surface area contributed by atoms with Gasteiger partial charge in [-0.3, -0.25) is 5.41 Å². The van der Waals surface area contributed by atoms with Gasteiger partial charge in [0.1, 0.15) is 11.4 Å². The number of rotatable bonds is 5. The average molecular weight is 435 g/mol. The quantitative estimate of drug-likeness (QED) is 0.463. The number of aromatic nitrogens is 5. The maximum atomic E-state index is 7.68. The van der Waals surface area contributed by atoms with Crippen LogP contribution in [-0.4, -0.2) is 48.9 Å². The molecule has 168 valence electrons. The van der Waals surface area contributed by atoms with Crippen molar-refractivity contribution in [1.29, 1.82) is 5.41 Å². The Hall–Kier alpha value is -3.49. The molecule has 2 aromatic heterocycles. The van der Waals surface area contributed by atoms with E-state index in [-0.39, 0.29) is 17.9 Å². The Bertz CT molecular complexity index is 1090. The molecule has 0 spiro atoms. The first-order valence-corrected chi connectivity index (χ1v) is 11.0. The lowest BCUT2D eigenvalue weighted by atomic mass is 10.0. The summed E-state index contributed by atoms with van der Waals surface area (Å²) >= 11 is 0. The number of guanidine groups is 1. The van der Waals surface area contributed by atoms with Gasteiger partial charge in [0.25, 0.3) is 0 Å². The first-order chi connectivity index (χ1) is 15.3. The number of nitrogens with two attached hydrogens (primary N) is 1. The minimum atomic E-state index is 0.120. The molecular formula is C23H30N8O. The zero-order valence-electron chi connectivity index (χ0n) is 19.0. The van der Waals surface area contributed by atoms with Gasteiger partial charge in [0.05, 0.1) is 17.4 Å². The lowest BCUT2D eigenvalue weighted by Crippen LogP contribution is -2.42. The molecule has 4 rings (SSSR count). The Morgan fingerprint density at radius 3 is 2.47 bits per heavy atom. The van der Waals surface area contributed by atoms with Crippen LogP contribution in [0.25, 0.3) is 11.4 Å². The average Bonchev–Trinajstić information content (AvgIpc) is 3.19. The van der Waals surface area contributed by atoms with Gasteiger partial charge in [-0.15, -0.1) is 5.10 Å². The van der Waals surface area contributed by atoms with Crippen molar-refractivity contribution in [3.8, 4) is 23.1 Å². The number of ether oxygens (including phenoxy) is 1.